The summed E-state index contributed by atoms with van der Waals surface area (Å²) >= 11 is 0. The van der Waals surface area contributed by atoms with Gasteiger partial charge in [-0.05, 0) is 24.1 Å². The molecule has 6 nitrogen and oxygen atoms in total. The molecule has 1 aliphatic rings. The Balaban J connectivity index is 1.77. The van der Waals surface area contributed by atoms with Gasteiger partial charge < -0.3 is 20.7 Å². The van der Waals surface area contributed by atoms with Crippen LogP contribution in [0.25, 0.3) is 0 Å². The number of amides is 2. The smallest absolute Gasteiger partial charge is 0.245 e. The summed E-state index contributed by atoms with van der Waals surface area (Å²) in [5.41, 5.74) is 8.04. The molecule has 2 aromatic carbocycles. The summed E-state index contributed by atoms with van der Waals surface area (Å²) < 4.78 is 5.40. The summed E-state index contributed by atoms with van der Waals surface area (Å²) in [4.78, 5) is 26.0. The third kappa shape index (κ3) is 3.64. The van der Waals surface area contributed by atoms with Gasteiger partial charge in [-0.3, -0.25) is 9.59 Å². The second kappa shape index (κ2) is 7.36. The number of methoxy groups -OCH3 is 1. The van der Waals surface area contributed by atoms with Crippen LogP contribution < -0.4 is 20.7 Å². The molecule has 0 bridgehead atoms. The molecular formula is C19H21N3O3. The van der Waals surface area contributed by atoms with Crippen LogP contribution in [0.4, 0.5) is 11.4 Å². The highest BCUT2D eigenvalue weighted by Crippen LogP contribution is 2.34. The second-order valence-corrected chi connectivity index (χ2v) is 5.91. The first-order valence-electron chi connectivity index (χ1n) is 8.20. The molecule has 0 radical (unpaired) electrons. The van der Waals surface area contributed by atoms with Gasteiger partial charge in [-0.1, -0.05) is 30.3 Å². The van der Waals surface area contributed by atoms with E-state index in [2.05, 4.69) is 5.32 Å². The van der Waals surface area contributed by atoms with E-state index in [1.54, 1.807) is 30.2 Å². The maximum Gasteiger partial charge on any atom is 0.245 e. The topological polar surface area (TPSA) is 84.7 Å². The van der Waals surface area contributed by atoms with Crippen molar-refractivity contribution in [2.24, 2.45) is 5.73 Å². The first-order chi connectivity index (χ1) is 12.1. The number of nitrogens with zero attached hydrogens (tertiary/aromatic N) is 1. The van der Waals surface area contributed by atoms with Crippen LogP contribution in [-0.4, -0.2) is 25.5 Å². The number of carbonyl (C=O) groups excluding carboxylic acids is 2. The van der Waals surface area contributed by atoms with Crippen molar-refractivity contribution in [3.05, 3.63) is 54.1 Å². The molecule has 130 valence electrons. The lowest BCUT2D eigenvalue weighted by molar-refractivity contribution is -0.118. The molecule has 1 atom stereocenters. The molecule has 2 aromatic rings. The molecule has 1 aliphatic heterocycles. The van der Waals surface area contributed by atoms with E-state index in [4.69, 9.17) is 10.5 Å². The Labute approximate surface area is 146 Å². The Bertz CT molecular complexity index is 777. The van der Waals surface area contributed by atoms with E-state index in [0.717, 1.165) is 17.7 Å². The maximum atomic E-state index is 12.4. The summed E-state index contributed by atoms with van der Waals surface area (Å²) in [6, 6.07) is 13.7. The van der Waals surface area contributed by atoms with Gasteiger partial charge in [0.2, 0.25) is 11.8 Å². The number of hydrogen-bond acceptors (Lipinski definition) is 4. The van der Waals surface area contributed by atoms with Crippen molar-refractivity contribution in [1.29, 1.82) is 0 Å². The van der Waals surface area contributed by atoms with Gasteiger partial charge in [-0.2, -0.15) is 0 Å². The van der Waals surface area contributed by atoms with Crippen LogP contribution in [-0.2, 0) is 9.59 Å². The molecule has 0 saturated carbocycles. The van der Waals surface area contributed by atoms with Crippen LogP contribution in [0.1, 0.15) is 24.4 Å². The average Bonchev–Trinajstić information content (AvgIpc) is 3.07. The summed E-state index contributed by atoms with van der Waals surface area (Å²) in [5, 5.41) is 2.80. The third-order valence-corrected chi connectivity index (χ3v) is 4.25. The minimum Gasteiger partial charge on any atom is -0.494 e. The maximum absolute atomic E-state index is 12.4. The average molecular weight is 339 g/mol. The number of rotatable bonds is 5. The lowest BCUT2D eigenvalue weighted by Crippen LogP contribution is -2.28. The number of benzene rings is 2. The lowest BCUT2D eigenvalue weighted by Gasteiger charge is -2.20. The molecule has 2 amide bonds. The van der Waals surface area contributed by atoms with Gasteiger partial charge in [0.1, 0.15) is 11.8 Å². The molecule has 1 saturated heterocycles. The minimum absolute atomic E-state index is 0.0844. The number of nitrogens with one attached hydrogen (secondary N) is 1. The Morgan fingerprint density at radius 3 is 2.64 bits per heavy atom. The first kappa shape index (κ1) is 17.0. The van der Waals surface area contributed by atoms with Gasteiger partial charge >= 0.3 is 0 Å². The van der Waals surface area contributed by atoms with Crippen molar-refractivity contribution in [2.45, 2.75) is 18.9 Å². The highest BCUT2D eigenvalue weighted by Gasteiger charge is 2.25. The van der Waals surface area contributed by atoms with Crippen LogP contribution >= 0.6 is 0 Å². The molecule has 25 heavy (non-hydrogen) atoms. The van der Waals surface area contributed by atoms with Crippen LogP contribution in [0.3, 0.4) is 0 Å². The molecule has 1 fully saturated rings. The van der Waals surface area contributed by atoms with Gasteiger partial charge in [-0.25, -0.2) is 0 Å². The Kier molecular flexibility index (Phi) is 5.00. The summed E-state index contributed by atoms with van der Waals surface area (Å²) in [6.45, 7) is 0.680. The van der Waals surface area contributed by atoms with E-state index in [9.17, 15) is 9.59 Å². The van der Waals surface area contributed by atoms with Crippen LogP contribution in [0.15, 0.2) is 48.5 Å². The normalized spacial score (nSPS) is 15.1. The fraction of sp³-hybridized carbons (Fsp3) is 0.263. The van der Waals surface area contributed by atoms with Gasteiger partial charge in [0.15, 0.2) is 0 Å². The zero-order valence-electron chi connectivity index (χ0n) is 14.1. The van der Waals surface area contributed by atoms with Crippen molar-refractivity contribution in [2.75, 3.05) is 23.9 Å². The highest BCUT2D eigenvalue weighted by atomic mass is 16.5. The number of ether oxygens (including phenoxy) is 1. The highest BCUT2D eigenvalue weighted by molar-refractivity contribution is 5.98. The van der Waals surface area contributed by atoms with Gasteiger partial charge in [0, 0.05) is 24.7 Å². The molecule has 1 unspecified atom stereocenters. The van der Waals surface area contributed by atoms with E-state index in [1.807, 2.05) is 30.3 Å². The minimum atomic E-state index is -0.757. The molecule has 3 N–H and O–H groups in total. The number of nitrogens with two attached hydrogens (primary N) is 1. The molecule has 6 heteroatoms. The lowest BCUT2D eigenvalue weighted by atomic mass is 10.1. The van der Waals surface area contributed by atoms with Crippen molar-refractivity contribution < 1.29 is 14.3 Å². The van der Waals surface area contributed by atoms with E-state index >= 15 is 0 Å². The van der Waals surface area contributed by atoms with E-state index in [1.165, 1.54) is 0 Å². The zero-order chi connectivity index (χ0) is 17.8. The quantitative estimate of drug-likeness (QED) is 0.876. The zero-order valence-corrected chi connectivity index (χ0v) is 14.1. The van der Waals surface area contributed by atoms with Gasteiger partial charge in [-0.15, -0.1) is 0 Å². The third-order valence-electron chi connectivity index (χ3n) is 4.25. The number of carbonyl (C=O) groups is 2. The first-order valence-corrected chi connectivity index (χ1v) is 8.20. The van der Waals surface area contributed by atoms with E-state index in [-0.39, 0.29) is 11.8 Å². The van der Waals surface area contributed by atoms with Gasteiger partial charge in [0.25, 0.3) is 0 Å². The van der Waals surface area contributed by atoms with Crippen molar-refractivity contribution in [3.8, 4) is 5.75 Å². The SMILES string of the molecule is COc1cc(NC(=O)C(N)c2ccccc2)ccc1N1CCCC1=O. The fourth-order valence-corrected chi connectivity index (χ4v) is 2.91. The summed E-state index contributed by atoms with van der Waals surface area (Å²) in [6.07, 6.45) is 1.39. The standard InChI is InChI=1S/C19H21N3O3/c1-25-16-12-14(9-10-15(16)22-11-5-8-17(22)23)21-19(24)18(20)13-6-3-2-4-7-13/h2-4,6-7,9-10,12,18H,5,8,11,20H2,1H3,(H,21,24). The van der Waals surface area contributed by atoms with E-state index in [0.29, 0.717) is 24.4 Å². The van der Waals surface area contributed by atoms with Crippen LogP contribution in [0.2, 0.25) is 0 Å². The Hall–Kier alpha value is -2.86. The molecule has 3 rings (SSSR count). The van der Waals surface area contributed by atoms with E-state index < -0.39 is 6.04 Å². The van der Waals surface area contributed by atoms with Crippen molar-refractivity contribution >= 4 is 23.2 Å². The summed E-state index contributed by atoms with van der Waals surface area (Å²) in [7, 11) is 1.54. The summed E-state index contributed by atoms with van der Waals surface area (Å²) in [5.74, 6) is 0.320. The van der Waals surface area contributed by atoms with Gasteiger partial charge in [0.05, 0.1) is 12.8 Å². The Morgan fingerprint density at radius 2 is 2.00 bits per heavy atom. The van der Waals surface area contributed by atoms with Crippen LogP contribution in [0, 0.1) is 0 Å². The molecule has 0 spiro atoms. The molecule has 1 heterocycles. The van der Waals surface area contributed by atoms with Crippen molar-refractivity contribution in [1.82, 2.24) is 0 Å². The molecular weight excluding hydrogens is 318 g/mol. The fourth-order valence-electron chi connectivity index (χ4n) is 2.91. The number of anilines is 2. The van der Waals surface area contributed by atoms with Crippen LogP contribution in [0.5, 0.6) is 5.75 Å². The predicted molar refractivity (Wildman–Crippen MR) is 96.6 cm³/mol. The largest absolute Gasteiger partial charge is 0.494 e. The Morgan fingerprint density at radius 1 is 1.24 bits per heavy atom. The predicted octanol–water partition coefficient (Wildman–Crippen LogP) is 2.46. The van der Waals surface area contributed by atoms with Crippen molar-refractivity contribution in [3.63, 3.8) is 0 Å². The molecule has 0 aliphatic carbocycles. The monoisotopic (exact) mass is 339 g/mol. The second-order valence-electron chi connectivity index (χ2n) is 5.91. The number of hydrogen-bond donors (Lipinski definition) is 2. The molecule has 0 aromatic heterocycles.